The van der Waals surface area contributed by atoms with E-state index in [1.807, 2.05) is 14.1 Å². The first kappa shape index (κ1) is 21.9. The van der Waals surface area contributed by atoms with Crippen molar-refractivity contribution in [1.29, 1.82) is 0 Å². The van der Waals surface area contributed by atoms with Crippen LogP contribution < -0.4 is 10.6 Å². The van der Waals surface area contributed by atoms with Crippen LogP contribution in [-0.2, 0) is 26.2 Å². The van der Waals surface area contributed by atoms with Crippen molar-refractivity contribution in [2.45, 2.75) is 26.2 Å². The van der Waals surface area contributed by atoms with Crippen LogP contribution in [0.15, 0.2) is 72.8 Å². The first-order valence-corrected chi connectivity index (χ1v) is 10.5. The Bertz CT molecular complexity index is 844. The third kappa shape index (κ3) is 6.61. The molecular weight excluding hydrogens is 368 g/mol. The number of anilines is 2. The van der Waals surface area contributed by atoms with Crippen LogP contribution in [0.5, 0.6) is 0 Å². The maximum Gasteiger partial charge on any atom is 0.0340 e. The van der Waals surface area contributed by atoms with Gasteiger partial charge in [0.15, 0.2) is 0 Å². The zero-order chi connectivity index (χ0) is 21.3. The van der Waals surface area contributed by atoms with Gasteiger partial charge in [-0.2, -0.15) is 0 Å². The largest absolute Gasteiger partial charge is 0.388 e. The highest BCUT2D eigenvalue weighted by atomic mass is 15.1. The van der Waals surface area contributed by atoms with E-state index in [4.69, 9.17) is 0 Å². The second kappa shape index (κ2) is 10.8. The summed E-state index contributed by atoms with van der Waals surface area (Å²) >= 11 is 0. The summed E-state index contributed by atoms with van der Waals surface area (Å²) in [7, 11) is 8.27. The number of nitrogens with one attached hydrogen (secondary N) is 2. The molecule has 0 aliphatic rings. The normalized spacial score (nSPS) is 11.1. The van der Waals surface area contributed by atoms with Gasteiger partial charge in [-0.1, -0.05) is 48.5 Å². The highest BCUT2D eigenvalue weighted by molar-refractivity contribution is 5.45. The smallest absolute Gasteiger partial charge is 0.0340 e. The van der Waals surface area contributed by atoms with Gasteiger partial charge in [0.05, 0.1) is 0 Å². The zero-order valence-corrected chi connectivity index (χ0v) is 18.7. The molecule has 0 unspecified atom stereocenters. The Morgan fingerprint density at radius 1 is 0.533 bits per heavy atom. The van der Waals surface area contributed by atoms with Crippen LogP contribution in [0.25, 0.3) is 0 Å². The standard InChI is InChI=1S/C26H34N4/c1-27-25-9-5-7-23(15-25)19-29(3)17-21-11-13-22(14-12-21)18-30(4)20-24-8-6-10-26(16-24)28-2/h5-16,27-28H,17-20H2,1-4H3. The van der Waals surface area contributed by atoms with Crippen LogP contribution >= 0.6 is 0 Å². The predicted molar refractivity (Wildman–Crippen MR) is 129 cm³/mol. The Kier molecular flexibility index (Phi) is 7.89. The maximum absolute atomic E-state index is 3.21. The van der Waals surface area contributed by atoms with Gasteiger partial charge in [-0.05, 0) is 60.6 Å². The maximum atomic E-state index is 3.21. The van der Waals surface area contributed by atoms with E-state index in [1.165, 1.54) is 22.3 Å². The van der Waals surface area contributed by atoms with E-state index in [9.17, 15) is 0 Å². The van der Waals surface area contributed by atoms with Crippen LogP contribution in [0, 0.1) is 0 Å². The van der Waals surface area contributed by atoms with Gasteiger partial charge in [-0.3, -0.25) is 9.80 Å². The molecular formula is C26H34N4. The van der Waals surface area contributed by atoms with Gasteiger partial charge in [0, 0.05) is 51.6 Å². The van der Waals surface area contributed by atoms with Crippen LogP contribution in [0.4, 0.5) is 11.4 Å². The number of nitrogens with zero attached hydrogens (tertiary/aromatic N) is 2. The fourth-order valence-corrected chi connectivity index (χ4v) is 3.76. The first-order chi connectivity index (χ1) is 14.6. The van der Waals surface area contributed by atoms with E-state index in [0.29, 0.717) is 0 Å². The van der Waals surface area contributed by atoms with Crippen molar-refractivity contribution in [2.75, 3.05) is 38.8 Å². The van der Waals surface area contributed by atoms with Gasteiger partial charge in [-0.15, -0.1) is 0 Å². The molecule has 2 N–H and O–H groups in total. The van der Waals surface area contributed by atoms with E-state index in [0.717, 1.165) is 37.6 Å². The summed E-state index contributed by atoms with van der Waals surface area (Å²) in [4.78, 5) is 4.70. The molecule has 30 heavy (non-hydrogen) atoms. The molecule has 158 valence electrons. The fraction of sp³-hybridized carbons (Fsp3) is 0.308. The van der Waals surface area contributed by atoms with Gasteiger partial charge in [0.2, 0.25) is 0 Å². The molecule has 0 saturated carbocycles. The molecule has 0 radical (unpaired) electrons. The van der Waals surface area contributed by atoms with Crippen molar-refractivity contribution in [1.82, 2.24) is 9.80 Å². The molecule has 0 bridgehead atoms. The van der Waals surface area contributed by atoms with Crippen LogP contribution in [0.2, 0.25) is 0 Å². The molecule has 0 aromatic heterocycles. The number of hydrogen-bond acceptors (Lipinski definition) is 4. The van der Waals surface area contributed by atoms with Crippen LogP contribution in [0.1, 0.15) is 22.3 Å². The van der Waals surface area contributed by atoms with Gasteiger partial charge < -0.3 is 10.6 Å². The van der Waals surface area contributed by atoms with E-state index in [2.05, 4.69) is 107 Å². The summed E-state index contributed by atoms with van der Waals surface area (Å²) < 4.78 is 0. The van der Waals surface area contributed by atoms with E-state index < -0.39 is 0 Å². The topological polar surface area (TPSA) is 30.5 Å². The summed E-state index contributed by atoms with van der Waals surface area (Å²) in [6.07, 6.45) is 0. The lowest BCUT2D eigenvalue weighted by atomic mass is 10.1. The molecule has 3 aromatic carbocycles. The van der Waals surface area contributed by atoms with E-state index in [1.54, 1.807) is 0 Å². The zero-order valence-electron chi connectivity index (χ0n) is 18.7. The average molecular weight is 403 g/mol. The SMILES string of the molecule is CNc1cccc(CN(C)Cc2ccc(CN(C)Cc3cccc(NC)c3)cc2)c1. The summed E-state index contributed by atoms with van der Waals surface area (Å²) in [5.74, 6) is 0. The predicted octanol–water partition coefficient (Wildman–Crippen LogP) is 5.03. The monoisotopic (exact) mass is 402 g/mol. The molecule has 3 aromatic rings. The summed E-state index contributed by atoms with van der Waals surface area (Å²) in [5.41, 5.74) is 7.65. The van der Waals surface area contributed by atoms with Crippen molar-refractivity contribution in [3.8, 4) is 0 Å². The van der Waals surface area contributed by atoms with E-state index in [-0.39, 0.29) is 0 Å². The second-order valence-electron chi connectivity index (χ2n) is 8.06. The van der Waals surface area contributed by atoms with Gasteiger partial charge in [-0.25, -0.2) is 0 Å². The molecule has 0 spiro atoms. The Balaban J connectivity index is 1.51. The van der Waals surface area contributed by atoms with Crippen molar-refractivity contribution >= 4 is 11.4 Å². The van der Waals surface area contributed by atoms with Crippen molar-refractivity contribution in [3.63, 3.8) is 0 Å². The number of rotatable bonds is 10. The average Bonchev–Trinajstić information content (AvgIpc) is 2.75. The summed E-state index contributed by atoms with van der Waals surface area (Å²) in [6, 6.07) is 26.2. The number of benzene rings is 3. The first-order valence-electron chi connectivity index (χ1n) is 10.5. The molecule has 0 heterocycles. The lowest BCUT2D eigenvalue weighted by Gasteiger charge is -2.19. The molecule has 4 nitrogen and oxygen atoms in total. The molecule has 0 aliphatic carbocycles. The minimum atomic E-state index is 0.936. The lowest BCUT2D eigenvalue weighted by molar-refractivity contribution is 0.316. The molecule has 4 heteroatoms. The second-order valence-corrected chi connectivity index (χ2v) is 8.06. The number of hydrogen-bond donors (Lipinski definition) is 2. The Morgan fingerprint density at radius 3 is 1.27 bits per heavy atom. The molecule has 0 fully saturated rings. The molecule has 3 rings (SSSR count). The van der Waals surface area contributed by atoms with Crippen LogP contribution in [0.3, 0.4) is 0 Å². The third-order valence-corrected chi connectivity index (χ3v) is 5.26. The summed E-state index contributed by atoms with van der Waals surface area (Å²) in [6.45, 7) is 3.75. The van der Waals surface area contributed by atoms with Crippen molar-refractivity contribution in [3.05, 3.63) is 95.1 Å². The Labute approximate surface area is 181 Å². The Hall–Kier alpha value is -2.82. The van der Waals surface area contributed by atoms with Gasteiger partial charge in [0.25, 0.3) is 0 Å². The fourth-order valence-electron chi connectivity index (χ4n) is 3.76. The highest BCUT2D eigenvalue weighted by Gasteiger charge is 2.05. The molecule has 0 amide bonds. The van der Waals surface area contributed by atoms with Gasteiger partial charge in [0.1, 0.15) is 0 Å². The Morgan fingerprint density at radius 2 is 0.900 bits per heavy atom. The minimum absolute atomic E-state index is 0.936. The van der Waals surface area contributed by atoms with Crippen LogP contribution in [-0.4, -0.2) is 38.0 Å². The van der Waals surface area contributed by atoms with E-state index >= 15 is 0 Å². The van der Waals surface area contributed by atoms with Crippen molar-refractivity contribution in [2.24, 2.45) is 0 Å². The third-order valence-electron chi connectivity index (χ3n) is 5.26. The molecule has 0 aliphatic heterocycles. The lowest BCUT2D eigenvalue weighted by Crippen LogP contribution is -2.18. The quantitative estimate of drug-likeness (QED) is 0.498. The summed E-state index contributed by atoms with van der Waals surface area (Å²) in [5, 5.41) is 6.41. The van der Waals surface area contributed by atoms with Gasteiger partial charge >= 0.3 is 0 Å². The minimum Gasteiger partial charge on any atom is -0.388 e. The highest BCUT2D eigenvalue weighted by Crippen LogP contribution is 2.15. The molecule has 0 atom stereocenters. The van der Waals surface area contributed by atoms with Crippen molar-refractivity contribution < 1.29 is 0 Å². The molecule has 0 saturated heterocycles.